The van der Waals surface area contributed by atoms with E-state index in [-0.39, 0.29) is 16.7 Å². The first-order valence-corrected chi connectivity index (χ1v) is 10.1. The van der Waals surface area contributed by atoms with Crippen molar-refractivity contribution in [3.8, 4) is 5.88 Å². The Bertz CT molecular complexity index is 1140. The molecular formula is C20H17ClF3N5OS. The van der Waals surface area contributed by atoms with Crippen LogP contribution in [0, 0.1) is 0 Å². The maximum Gasteiger partial charge on any atom is 0.416 e. The number of alkyl halides is 3. The first kappa shape index (κ1) is 21.4. The van der Waals surface area contributed by atoms with Gasteiger partial charge in [0, 0.05) is 42.3 Å². The molecule has 162 valence electrons. The average Bonchev–Trinajstić information content (AvgIpc) is 3.06. The summed E-state index contributed by atoms with van der Waals surface area (Å²) in [7, 11) is 0. The van der Waals surface area contributed by atoms with Gasteiger partial charge in [-0.15, -0.1) is 10.2 Å². The lowest BCUT2D eigenvalue weighted by atomic mass is 10.1. The Kier molecular flexibility index (Phi) is 5.76. The zero-order valence-corrected chi connectivity index (χ0v) is 17.6. The summed E-state index contributed by atoms with van der Waals surface area (Å²) in [5, 5.41) is 19.7. The number of thiocarbonyl (C=S) groups is 1. The number of rotatable bonds is 2. The van der Waals surface area contributed by atoms with Crippen molar-refractivity contribution in [3.63, 3.8) is 0 Å². The summed E-state index contributed by atoms with van der Waals surface area (Å²) in [6.07, 6.45) is -4.35. The molecule has 2 N–H and O–H groups in total. The van der Waals surface area contributed by atoms with Crippen LogP contribution in [0.2, 0.25) is 5.02 Å². The molecule has 2 heterocycles. The van der Waals surface area contributed by atoms with Gasteiger partial charge >= 0.3 is 6.18 Å². The molecule has 0 radical (unpaired) electrons. The van der Waals surface area contributed by atoms with Gasteiger partial charge in [-0.25, -0.2) is 0 Å². The molecule has 0 saturated carbocycles. The molecule has 0 atom stereocenters. The number of nitrogens with zero attached hydrogens (tertiary/aromatic N) is 4. The Morgan fingerprint density at radius 1 is 1.06 bits per heavy atom. The first-order chi connectivity index (χ1) is 14.7. The lowest BCUT2D eigenvalue weighted by molar-refractivity contribution is -0.137. The summed E-state index contributed by atoms with van der Waals surface area (Å²) in [4.78, 5) is 6.65. The van der Waals surface area contributed by atoms with Crippen LogP contribution in [0.15, 0.2) is 52.7 Å². The number of benzene rings is 2. The minimum Gasteiger partial charge on any atom is -0.493 e. The van der Waals surface area contributed by atoms with E-state index < -0.39 is 11.7 Å². The number of piperazine rings is 1. The molecule has 31 heavy (non-hydrogen) atoms. The summed E-state index contributed by atoms with van der Waals surface area (Å²) in [6, 6.07) is 10.2. The van der Waals surface area contributed by atoms with Crippen LogP contribution in [0.25, 0.3) is 10.9 Å². The van der Waals surface area contributed by atoms with Crippen molar-refractivity contribution in [1.29, 1.82) is 0 Å². The molecule has 3 aromatic rings. The van der Waals surface area contributed by atoms with E-state index in [4.69, 9.17) is 23.8 Å². The highest BCUT2D eigenvalue weighted by Gasteiger charge is 2.30. The summed E-state index contributed by atoms with van der Waals surface area (Å²) >= 11 is 11.4. The number of hydrogen-bond donors (Lipinski definition) is 2. The van der Waals surface area contributed by atoms with Gasteiger partial charge < -0.3 is 19.9 Å². The van der Waals surface area contributed by atoms with Crippen LogP contribution in [0.4, 0.5) is 24.5 Å². The number of azo groups is 1. The van der Waals surface area contributed by atoms with Crippen LogP contribution in [-0.2, 0) is 6.18 Å². The highest BCUT2D eigenvalue weighted by atomic mass is 35.5. The lowest BCUT2D eigenvalue weighted by Gasteiger charge is -2.36. The maximum atomic E-state index is 12.7. The van der Waals surface area contributed by atoms with E-state index >= 15 is 0 Å². The zero-order chi connectivity index (χ0) is 22.2. The SMILES string of the molecule is Oc1[nH]c2ccc(Cl)cc2c1N=NC(=S)N1CCN(c2ccc(C(F)(F)F)cc2)CC1. The second-order valence-electron chi connectivity index (χ2n) is 7.01. The second kappa shape index (κ2) is 8.35. The van der Waals surface area contributed by atoms with Crippen molar-refractivity contribution in [3.05, 3.63) is 53.1 Å². The smallest absolute Gasteiger partial charge is 0.416 e. The number of H-pyrrole nitrogens is 1. The molecule has 11 heteroatoms. The summed E-state index contributed by atoms with van der Waals surface area (Å²) < 4.78 is 38.2. The lowest BCUT2D eigenvalue weighted by Crippen LogP contribution is -2.47. The Balaban J connectivity index is 1.40. The predicted octanol–water partition coefficient (Wildman–Crippen LogP) is 5.74. The number of anilines is 1. The molecule has 1 saturated heterocycles. The van der Waals surface area contributed by atoms with Gasteiger partial charge in [-0.2, -0.15) is 13.2 Å². The normalized spacial score (nSPS) is 15.2. The molecule has 2 aromatic carbocycles. The van der Waals surface area contributed by atoms with Gasteiger partial charge in [0.05, 0.1) is 11.1 Å². The minimum absolute atomic E-state index is 0.129. The molecule has 1 aromatic heterocycles. The van der Waals surface area contributed by atoms with Crippen LogP contribution in [0.5, 0.6) is 5.88 Å². The molecule has 4 rings (SSSR count). The molecule has 1 aliphatic rings. The van der Waals surface area contributed by atoms with Crippen molar-refractivity contribution >= 4 is 51.2 Å². The van der Waals surface area contributed by atoms with Crippen LogP contribution < -0.4 is 4.90 Å². The quantitative estimate of drug-likeness (QED) is 0.373. The number of aromatic nitrogens is 1. The highest BCUT2D eigenvalue weighted by molar-refractivity contribution is 7.80. The van der Waals surface area contributed by atoms with Crippen LogP contribution in [0.3, 0.4) is 0 Å². The topological polar surface area (TPSA) is 67.2 Å². The Labute approximate surface area is 185 Å². The Hall–Kier alpha value is -2.85. The van der Waals surface area contributed by atoms with Gasteiger partial charge in [-0.3, -0.25) is 0 Å². The summed E-state index contributed by atoms with van der Waals surface area (Å²) in [6.45, 7) is 2.25. The van der Waals surface area contributed by atoms with Gasteiger partial charge in [-0.1, -0.05) is 11.6 Å². The van der Waals surface area contributed by atoms with Crippen molar-refractivity contribution in [2.24, 2.45) is 10.2 Å². The molecule has 0 aliphatic carbocycles. The fourth-order valence-electron chi connectivity index (χ4n) is 3.41. The molecular weight excluding hydrogens is 451 g/mol. The number of nitrogens with one attached hydrogen (secondary N) is 1. The number of hydrogen-bond acceptors (Lipinski definition) is 4. The molecule has 0 spiro atoms. The number of aromatic amines is 1. The van der Waals surface area contributed by atoms with Crippen molar-refractivity contribution in [2.45, 2.75) is 6.18 Å². The van der Waals surface area contributed by atoms with E-state index in [0.29, 0.717) is 42.1 Å². The van der Waals surface area contributed by atoms with E-state index in [1.807, 2.05) is 9.80 Å². The largest absolute Gasteiger partial charge is 0.493 e. The minimum atomic E-state index is -4.35. The Morgan fingerprint density at radius 3 is 2.39 bits per heavy atom. The molecule has 0 bridgehead atoms. The van der Waals surface area contributed by atoms with Gasteiger partial charge in [0.2, 0.25) is 11.0 Å². The van der Waals surface area contributed by atoms with Crippen molar-refractivity contribution < 1.29 is 18.3 Å². The average molecular weight is 468 g/mol. The Morgan fingerprint density at radius 2 is 1.74 bits per heavy atom. The van der Waals surface area contributed by atoms with E-state index in [1.165, 1.54) is 12.1 Å². The number of fused-ring (bicyclic) bond motifs is 1. The van der Waals surface area contributed by atoms with E-state index in [9.17, 15) is 18.3 Å². The van der Waals surface area contributed by atoms with Gasteiger partial charge in [-0.05, 0) is 54.7 Å². The number of halogens is 4. The molecule has 0 amide bonds. The van der Waals surface area contributed by atoms with E-state index in [0.717, 1.165) is 17.8 Å². The summed E-state index contributed by atoms with van der Waals surface area (Å²) in [5.74, 6) is -0.129. The summed E-state index contributed by atoms with van der Waals surface area (Å²) in [5.41, 5.74) is 0.981. The van der Waals surface area contributed by atoms with Gasteiger partial charge in [0.25, 0.3) is 0 Å². The standard InChI is InChI=1S/C20H17ClF3N5OS/c21-13-3-6-16-15(11-13)17(18(30)25-16)26-27-19(31)29-9-7-28(8-10-29)14-4-1-12(2-5-14)20(22,23)24/h1-6,11,25,30H,7-10H2. The van der Waals surface area contributed by atoms with Crippen LogP contribution in [0.1, 0.15) is 5.56 Å². The second-order valence-corrected chi connectivity index (χ2v) is 7.82. The third-order valence-corrected chi connectivity index (χ3v) is 5.63. The molecule has 1 aliphatic heterocycles. The maximum absolute atomic E-state index is 12.7. The molecule has 0 unspecified atom stereocenters. The fraction of sp³-hybridized carbons (Fsp3) is 0.250. The third kappa shape index (κ3) is 4.59. The number of aromatic hydroxyl groups is 1. The fourth-order valence-corrected chi connectivity index (χ4v) is 3.81. The zero-order valence-electron chi connectivity index (χ0n) is 16.0. The van der Waals surface area contributed by atoms with E-state index in [1.54, 1.807) is 18.2 Å². The highest BCUT2D eigenvalue weighted by Crippen LogP contribution is 2.37. The van der Waals surface area contributed by atoms with Crippen LogP contribution >= 0.6 is 23.8 Å². The molecule has 6 nitrogen and oxygen atoms in total. The van der Waals surface area contributed by atoms with Crippen molar-refractivity contribution in [2.75, 3.05) is 31.1 Å². The molecule has 1 fully saturated rings. The monoisotopic (exact) mass is 467 g/mol. The van der Waals surface area contributed by atoms with Gasteiger partial charge in [0.15, 0.2) is 5.69 Å². The first-order valence-electron chi connectivity index (χ1n) is 9.35. The third-order valence-electron chi connectivity index (χ3n) is 5.06. The van der Waals surface area contributed by atoms with E-state index in [2.05, 4.69) is 15.2 Å². The van der Waals surface area contributed by atoms with Crippen LogP contribution in [-0.4, -0.2) is 46.3 Å². The van der Waals surface area contributed by atoms with Crippen molar-refractivity contribution in [1.82, 2.24) is 9.88 Å². The predicted molar refractivity (Wildman–Crippen MR) is 117 cm³/mol. The van der Waals surface area contributed by atoms with Gasteiger partial charge in [0.1, 0.15) is 0 Å².